The van der Waals surface area contributed by atoms with Crippen LogP contribution in [0.2, 0.25) is 0 Å². The normalized spacial score (nSPS) is 11.2. The summed E-state index contributed by atoms with van der Waals surface area (Å²) >= 11 is -0.106. The average Bonchev–Trinajstić information content (AvgIpc) is 3.17. The van der Waals surface area contributed by atoms with E-state index in [0.29, 0.717) is 0 Å². The van der Waals surface area contributed by atoms with Gasteiger partial charge in [-0.2, -0.15) is 0 Å². The van der Waals surface area contributed by atoms with Gasteiger partial charge in [-0.05, 0) is 69.7 Å². The molecule has 0 heterocycles. The summed E-state index contributed by atoms with van der Waals surface area (Å²) in [5, 5.41) is 13.5. The molecule has 8 aromatic rings. The van der Waals surface area contributed by atoms with Crippen molar-refractivity contribution in [3.63, 3.8) is 0 Å². The third kappa shape index (κ3) is 7.32. The van der Waals surface area contributed by atoms with Gasteiger partial charge in [0, 0.05) is 10.6 Å². The molecule has 0 amide bonds. The Labute approximate surface area is 307 Å². The first kappa shape index (κ1) is 33.9. The van der Waals surface area contributed by atoms with Gasteiger partial charge in [0.25, 0.3) is 0 Å². The number of benzene rings is 8. The van der Waals surface area contributed by atoms with E-state index in [-0.39, 0.29) is 15.9 Å². The molecule has 0 saturated carbocycles. The summed E-state index contributed by atoms with van der Waals surface area (Å²) < 4.78 is 0. The maximum absolute atomic E-state index is 4.81. The van der Waals surface area contributed by atoms with Crippen molar-refractivity contribution in [2.75, 3.05) is 0 Å². The summed E-state index contributed by atoms with van der Waals surface area (Å²) in [5.41, 5.74) is 2.63. The molecule has 0 aliphatic carbocycles. The van der Waals surface area contributed by atoms with Crippen LogP contribution < -0.4 is 31.8 Å². The molecule has 0 aliphatic heterocycles. The van der Waals surface area contributed by atoms with Crippen LogP contribution in [0.3, 0.4) is 0 Å². The monoisotopic (exact) mass is 798 g/mol. The van der Waals surface area contributed by atoms with E-state index in [1.165, 1.54) is 64.5 Å². The molecule has 0 saturated heterocycles. The minimum Gasteiger partial charge on any atom is -0.0622 e. The first-order chi connectivity index (χ1) is 24.3. The summed E-state index contributed by atoms with van der Waals surface area (Å²) in [7, 11) is 7.90. The van der Waals surface area contributed by atoms with Gasteiger partial charge in [0.15, 0.2) is 0 Å². The second-order valence-electron chi connectivity index (χ2n) is 11.4. The van der Waals surface area contributed by atoms with E-state index in [1.807, 2.05) is 0 Å². The maximum atomic E-state index is 4.81. The molecule has 49 heavy (non-hydrogen) atoms. The molecule has 0 N–H and O–H groups in total. The van der Waals surface area contributed by atoms with Gasteiger partial charge in [-0.25, -0.2) is 0 Å². The van der Waals surface area contributed by atoms with Crippen molar-refractivity contribution in [2.24, 2.45) is 0 Å². The Balaban J connectivity index is 0.00000122. The van der Waals surface area contributed by atoms with Gasteiger partial charge < -0.3 is 0 Å². The fraction of sp³-hybridized carbons (Fsp3) is 0. The fourth-order valence-corrected chi connectivity index (χ4v) is 11.8. The molecule has 8 aromatic carbocycles. The van der Waals surface area contributed by atoms with E-state index >= 15 is 0 Å². The molecular weight excluding hydrogens is 768 g/mol. The van der Waals surface area contributed by atoms with Gasteiger partial charge >= 0.3 is 35.0 Å². The fourth-order valence-electron chi connectivity index (χ4n) is 6.55. The number of halogens is 2. The minimum atomic E-state index is -0.866. The Kier molecular flexibility index (Phi) is 11.3. The van der Waals surface area contributed by atoms with Crippen LogP contribution in [-0.2, 0) is 15.9 Å². The Hall–Kier alpha value is -3.62. The van der Waals surface area contributed by atoms with Crippen molar-refractivity contribution in [1.82, 2.24) is 0 Å². The zero-order valence-corrected chi connectivity index (χ0v) is 31.3. The van der Waals surface area contributed by atoms with E-state index in [9.17, 15) is 0 Å². The molecule has 0 atom stereocenters. The number of hydrogen-bond acceptors (Lipinski definition) is 0. The molecule has 5 heteroatoms. The minimum absolute atomic E-state index is 0.106. The first-order valence-corrected chi connectivity index (χ1v) is 22.6. The van der Waals surface area contributed by atoms with Crippen molar-refractivity contribution >= 4 is 88.3 Å². The van der Waals surface area contributed by atoms with Crippen LogP contribution in [0.1, 0.15) is 0 Å². The Morgan fingerprint density at radius 1 is 0.306 bits per heavy atom. The quantitative estimate of drug-likeness (QED) is 0.111. The standard InChI is InChI=1S/C44H32P2.2ClH.Pd/c1-5-19-35(20-6-1)45(36-21-7-2-8-22-36)43-39-27-15-13-17-33(39)29-31-41(43)42-32-30-34-18-14-16-28-40(34)44(42)46(37-23-9-3-10-24-37)38-25-11-4-12-26-38;;;/h1-32H;2*1H;/q;;;+2/p-2. The van der Waals surface area contributed by atoms with Crippen molar-refractivity contribution in [2.45, 2.75) is 0 Å². The Bertz CT molecular complexity index is 2040. The van der Waals surface area contributed by atoms with E-state index < -0.39 is 15.8 Å². The summed E-state index contributed by atoms with van der Waals surface area (Å²) in [6.07, 6.45) is 0. The Morgan fingerprint density at radius 3 is 0.878 bits per heavy atom. The topological polar surface area (TPSA) is 0 Å². The van der Waals surface area contributed by atoms with Crippen molar-refractivity contribution < 1.29 is 15.9 Å². The van der Waals surface area contributed by atoms with Crippen LogP contribution in [-0.4, -0.2) is 0 Å². The van der Waals surface area contributed by atoms with E-state index in [1.54, 1.807) is 0 Å². The number of rotatable bonds is 7. The summed E-state index contributed by atoms with van der Waals surface area (Å²) in [6, 6.07) is 71.8. The summed E-state index contributed by atoms with van der Waals surface area (Å²) in [4.78, 5) is 0. The van der Waals surface area contributed by atoms with E-state index in [2.05, 4.69) is 194 Å². The van der Waals surface area contributed by atoms with Gasteiger partial charge in [0.05, 0.1) is 0 Å². The van der Waals surface area contributed by atoms with Crippen LogP contribution in [0.4, 0.5) is 0 Å². The molecule has 0 radical (unpaired) electrons. The summed E-state index contributed by atoms with van der Waals surface area (Å²) in [5.74, 6) is 0. The predicted molar refractivity (Wildman–Crippen MR) is 216 cm³/mol. The third-order valence-electron chi connectivity index (χ3n) is 8.60. The van der Waals surface area contributed by atoms with Crippen molar-refractivity contribution in [3.05, 3.63) is 194 Å². The molecule has 0 bridgehead atoms. The van der Waals surface area contributed by atoms with Gasteiger partial charge in [0.2, 0.25) is 0 Å². The zero-order chi connectivity index (χ0) is 33.4. The second-order valence-corrected chi connectivity index (χ2v) is 18.1. The largest absolute Gasteiger partial charge is 0.0622 e. The SMILES string of the molecule is [Cl][Pd][Cl].c1ccc(P(c2ccccc2)c2c(-c3ccc4ccccc4c3P(c3ccccc3)c3ccccc3)ccc3ccccc23)cc1. The van der Waals surface area contributed by atoms with Gasteiger partial charge in [0.1, 0.15) is 0 Å². The predicted octanol–water partition coefficient (Wildman–Crippen LogP) is 10.6. The smallest absolute Gasteiger partial charge is 0.000618 e. The van der Waals surface area contributed by atoms with Crippen molar-refractivity contribution in [1.29, 1.82) is 0 Å². The Morgan fingerprint density at radius 2 is 0.571 bits per heavy atom. The van der Waals surface area contributed by atoms with Gasteiger partial charge in [-0.3, -0.25) is 0 Å². The van der Waals surface area contributed by atoms with E-state index in [0.717, 1.165) is 0 Å². The van der Waals surface area contributed by atoms with Gasteiger partial charge in [-0.15, -0.1) is 0 Å². The molecule has 0 unspecified atom stereocenters. The van der Waals surface area contributed by atoms with Crippen LogP contribution in [0.5, 0.6) is 0 Å². The first-order valence-electron chi connectivity index (χ1n) is 15.9. The molecule has 0 fully saturated rings. The van der Waals surface area contributed by atoms with Crippen LogP contribution in [0.15, 0.2) is 194 Å². The number of fused-ring (bicyclic) bond motifs is 2. The molecule has 0 spiro atoms. The molecule has 0 aliphatic rings. The van der Waals surface area contributed by atoms with Crippen molar-refractivity contribution in [3.8, 4) is 11.1 Å². The van der Waals surface area contributed by atoms with Crippen LogP contribution in [0.25, 0.3) is 32.7 Å². The maximum Gasteiger partial charge on any atom is 0.000618 e. The average molecular weight is 800 g/mol. The summed E-state index contributed by atoms with van der Waals surface area (Å²) in [6.45, 7) is 0. The van der Waals surface area contributed by atoms with Crippen LogP contribution in [0, 0.1) is 0 Å². The molecule has 0 nitrogen and oxygen atoms in total. The zero-order valence-electron chi connectivity index (χ0n) is 26.4. The molecular formula is C44H32Cl2P2Pd. The molecule has 242 valence electrons. The molecule has 8 rings (SSSR count). The van der Waals surface area contributed by atoms with E-state index in [4.69, 9.17) is 19.1 Å². The molecule has 0 aromatic heterocycles. The van der Waals surface area contributed by atoms with Gasteiger partial charge in [-0.1, -0.05) is 194 Å². The number of hydrogen-bond donors (Lipinski definition) is 0. The van der Waals surface area contributed by atoms with Crippen LogP contribution >= 0.6 is 34.9 Å². The second kappa shape index (κ2) is 16.4. The third-order valence-corrected chi connectivity index (χ3v) is 13.7.